The molecule has 1 rings (SSSR count). The van der Waals surface area contributed by atoms with Gasteiger partial charge in [-0.05, 0) is 18.6 Å². The average molecular weight is 150 g/mol. The van der Waals surface area contributed by atoms with E-state index in [4.69, 9.17) is 11.0 Å². The van der Waals surface area contributed by atoms with Crippen LogP contribution in [-0.4, -0.2) is 0 Å². The summed E-state index contributed by atoms with van der Waals surface area (Å²) in [6.45, 7) is 1.67. The van der Waals surface area contributed by atoms with Gasteiger partial charge in [0.25, 0.3) is 0 Å². The molecule has 0 saturated heterocycles. The molecule has 0 atom stereocenters. The maximum atomic E-state index is 12.9. The van der Waals surface area contributed by atoms with Crippen molar-refractivity contribution in [2.24, 2.45) is 0 Å². The zero-order chi connectivity index (χ0) is 8.43. The highest BCUT2D eigenvalue weighted by Gasteiger charge is 2.07. The highest BCUT2D eigenvalue weighted by Crippen LogP contribution is 2.17. The van der Waals surface area contributed by atoms with Gasteiger partial charge in [0.05, 0.1) is 11.3 Å². The summed E-state index contributed by atoms with van der Waals surface area (Å²) in [6.07, 6.45) is 0. The molecule has 0 aromatic heterocycles. The number of halogens is 1. The molecule has 0 aliphatic heterocycles. The van der Waals surface area contributed by atoms with Crippen molar-refractivity contribution < 1.29 is 4.39 Å². The molecule has 56 valence electrons. The second-order valence-electron chi connectivity index (χ2n) is 2.27. The van der Waals surface area contributed by atoms with Crippen molar-refractivity contribution >= 4 is 5.69 Å². The predicted molar refractivity (Wildman–Crippen MR) is 40.3 cm³/mol. The van der Waals surface area contributed by atoms with Crippen molar-refractivity contribution in [1.29, 1.82) is 5.26 Å². The summed E-state index contributed by atoms with van der Waals surface area (Å²) >= 11 is 0. The number of anilines is 1. The Morgan fingerprint density at radius 3 is 2.64 bits per heavy atom. The van der Waals surface area contributed by atoms with Crippen molar-refractivity contribution in [2.75, 3.05) is 5.73 Å². The Kier molecular flexibility index (Phi) is 1.77. The molecule has 0 spiro atoms. The van der Waals surface area contributed by atoms with E-state index in [1.54, 1.807) is 19.1 Å². The van der Waals surface area contributed by atoms with Gasteiger partial charge in [0.15, 0.2) is 5.82 Å². The number of aryl methyl sites for hydroxylation is 1. The zero-order valence-electron chi connectivity index (χ0n) is 6.06. The third kappa shape index (κ3) is 1.15. The van der Waals surface area contributed by atoms with Gasteiger partial charge in [-0.15, -0.1) is 0 Å². The fraction of sp³-hybridized carbons (Fsp3) is 0.125. The van der Waals surface area contributed by atoms with E-state index < -0.39 is 5.82 Å². The number of nitrogens with zero attached hydrogens (tertiary/aromatic N) is 1. The van der Waals surface area contributed by atoms with Crippen molar-refractivity contribution in [3.05, 3.63) is 29.1 Å². The maximum Gasteiger partial charge on any atom is 0.164 e. The summed E-state index contributed by atoms with van der Waals surface area (Å²) in [5.41, 5.74) is 5.90. The first-order chi connectivity index (χ1) is 5.16. The van der Waals surface area contributed by atoms with E-state index in [2.05, 4.69) is 0 Å². The van der Waals surface area contributed by atoms with Crippen LogP contribution >= 0.6 is 0 Å². The Bertz CT molecular complexity index is 326. The smallest absolute Gasteiger partial charge is 0.164 e. The molecule has 0 bridgehead atoms. The van der Waals surface area contributed by atoms with Gasteiger partial charge in [-0.1, -0.05) is 6.07 Å². The van der Waals surface area contributed by atoms with Gasteiger partial charge in [-0.25, -0.2) is 4.39 Å². The van der Waals surface area contributed by atoms with E-state index in [1.807, 2.05) is 0 Å². The van der Waals surface area contributed by atoms with E-state index in [0.717, 1.165) is 0 Å². The average Bonchev–Trinajstić information content (AvgIpc) is 1.99. The molecule has 1 aromatic rings. The Morgan fingerprint density at radius 2 is 2.18 bits per heavy atom. The van der Waals surface area contributed by atoms with Crippen LogP contribution in [0.4, 0.5) is 10.1 Å². The van der Waals surface area contributed by atoms with Gasteiger partial charge in [-0.3, -0.25) is 0 Å². The molecule has 1 aromatic carbocycles. The van der Waals surface area contributed by atoms with Gasteiger partial charge in [0, 0.05) is 0 Å². The molecule has 0 heterocycles. The fourth-order valence-corrected chi connectivity index (χ4v) is 0.826. The van der Waals surface area contributed by atoms with E-state index >= 15 is 0 Å². The highest BCUT2D eigenvalue weighted by atomic mass is 19.1. The number of benzene rings is 1. The van der Waals surface area contributed by atoms with Gasteiger partial charge in [-0.2, -0.15) is 5.26 Å². The molecule has 0 radical (unpaired) electrons. The van der Waals surface area contributed by atoms with Gasteiger partial charge in [0.2, 0.25) is 0 Å². The lowest BCUT2D eigenvalue weighted by atomic mass is 10.1. The lowest BCUT2D eigenvalue weighted by molar-refractivity contribution is 0.627. The van der Waals surface area contributed by atoms with Crippen LogP contribution in [0.15, 0.2) is 12.1 Å². The summed E-state index contributed by atoms with van der Waals surface area (Å²) in [7, 11) is 0. The lowest BCUT2D eigenvalue weighted by Crippen LogP contribution is -1.95. The molecule has 0 fully saturated rings. The van der Waals surface area contributed by atoms with Crippen molar-refractivity contribution in [3.63, 3.8) is 0 Å². The van der Waals surface area contributed by atoms with Crippen LogP contribution in [0.5, 0.6) is 0 Å². The monoisotopic (exact) mass is 150 g/mol. The number of nitrogens with two attached hydrogens (primary N) is 1. The summed E-state index contributed by atoms with van der Waals surface area (Å²) < 4.78 is 12.9. The molecule has 2 nitrogen and oxygen atoms in total. The highest BCUT2D eigenvalue weighted by molar-refractivity contribution is 5.51. The second-order valence-corrected chi connectivity index (χ2v) is 2.27. The molecule has 2 N–H and O–H groups in total. The van der Waals surface area contributed by atoms with Crippen LogP contribution in [0.2, 0.25) is 0 Å². The van der Waals surface area contributed by atoms with Crippen LogP contribution in [0.3, 0.4) is 0 Å². The largest absolute Gasteiger partial charge is 0.396 e. The second kappa shape index (κ2) is 2.59. The zero-order valence-corrected chi connectivity index (χ0v) is 6.06. The summed E-state index contributed by atoms with van der Waals surface area (Å²) in [5.74, 6) is -0.618. The van der Waals surface area contributed by atoms with Gasteiger partial charge in [0.1, 0.15) is 6.07 Å². The molecule has 0 saturated carbocycles. The summed E-state index contributed by atoms with van der Waals surface area (Å²) in [6, 6.07) is 4.82. The van der Waals surface area contributed by atoms with Gasteiger partial charge >= 0.3 is 0 Å². The molecule has 0 aliphatic carbocycles. The van der Waals surface area contributed by atoms with E-state index in [0.29, 0.717) is 5.56 Å². The van der Waals surface area contributed by atoms with Crippen molar-refractivity contribution in [3.8, 4) is 6.07 Å². The lowest BCUT2D eigenvalue weighted by Gasteiger charge is -2.00. The SMILES string of the molecule is Cc1ccc(N)c(F)c1C#N. The van der Waals surface area contributed by atoms with E-state index in [-0.39, 0.29) is 11.3 Å². The first-order valence-corrected chi connectivity index (χ1v) is 3.11. The van der Waals surface area contributed by atoms with Crippen molar-refractivity contribution in [1.82, 2.24) is 0 Å². The minimum absolute atomic E-state index is 0.0205. The Labute approximate surface area is 64.1 Å². The maximum absolute atomic E-state index is 12.9. The van der Waals surface area contributed by atoms with Crippen LogP contribution in [0.25, 0.3) is 0 Å². The van der Waals surface area contributed by atoms with Crippen molar-refractivity contribution in [2.45, 2.75) is 6.92 Å². The number of nitriles is 1. The third-order valence-corrected chi connectivity index (χ3v) is 1.49. The summed E-state index contributed by atoms with van der Waals surface area (Å²) in [4.78, 5) is 0. The minimum atomic E-state index is -0.618. The first kappa shape index (κ1) is 7.55. The molecule has 0 unspecified atom stereocenters. The molecule has 0 amide bonds. The molecular formula is C8H7FN2. The summed E-state index contributed by atoms with van der Waals surface area (Å²) in [5, 5.41) is 8.48. The minimum Gasteiger partial charge on any atom is -0.396 e. The normalized spacial score (nSPS) is 9.18. The molecule has 3 heteroatoms. The van der Waals surface area contributed by atoms with Crippen LogP contribution in [0, 0.1) is 24.1 Å². The van der Waals surface area contributed by atoms with Crippen LogP contribution < -0.4 is 5.73 Å². The van der Waals surface area contributed by atoms with E-state index in [1.165, 1.54) is 6.07 Å². The molecule has 0 aliphatic rings. The van der Waals surface area contributed by atoms with E-state index in [9.17, 15) is 4.39 Å². The predicted octanol–water partition coefficient (Wildman–Crippen LogP) is 1.59. The number of rotatable bonds is 0. The standard InChI is InChI=1S/C8H7FN2/c1-5-2-3-7(11)8(9)6(5)4-10/h2-3H,11H2,1H3. The topological polar surface area (TPSA) is 49.8 Å². The number of nitrogen functional groups attached to an aromatic ring is 1. The molecule has 11 heavy (non-hydrogen) atoms. The van der Waals surface area contributed by atoms with Gasteiger partial charge < -0.3 is 5.73 Å². The Morgan fingerprint density at radius 1 is 1.55 bits per heavy atom. The third-order valence-electron chi connectivity index (χ3n) is 1.49. The Hall–Kier alpha value is -1.56. The molecular weight excluding hydrogens is 143 g/mol. The van der Waals surface area contributed by atoms with Crippen LogP contribution in [-0.2, 0) is 0 Å². The fourth-order valence-electron chi connectivity index (χ4n) is 0.826. The number of hydrogen-bond acceptors (Lipinski definition) is 2. The number of hydrogen-bond donors (Lipinski definition) is 1. The van der Waals surface area contributed by atoms with Crippen LogP contribution in [0.1, 0.15) is 11.1 Å². The first-order valence-electron chi connectivity index (χ1n) is 3.11. The quantitative estimate of drug-likeness (QED) is 0.571. The Balaban J connectivity index is 3.44.